The van der Waals surface area contributed by atoms with E-state index in [-0.39, 0.29) is 0 Å². The predicted molar refractivity (Wildman–Crippen MR) is 101 cm³/mol. The molecule has 3 aromatic rings. The van der Waals surface area contributed by atoms with Crippen LogP contribution in [0.25, 0.3) is 10.1 Å². The molecule has 1 aliphatic carbocycles. The quantitative estimate of drug-likeness (QED) is 0.627. The highest BCUT2D eigenvalue weighted by Gasteiger charge is 2.28. The molecule has 3 heterocycles. The van der Waals surface area contributed by atoms with Crippen LogP contribution in [-0.4, -0.2) is 21.4 Å². The van der Waals surface area contributed by atoms with Crippen LogP contribution < -0.4 is 0 Å². The van der Waals surface area contributed by atoms with E-state index in [0.717, 1.165) is 31.9 Å². The number of fused-ring (bicyclic) bond motifs is 2. The Morgan fingerprint density at radius 2 is 2.12 bits per heavy atom. The fourth-order valence-corrected chi connectivity index (χ4v) is 5.42. The molecule has 5 rings (SSSR count). The minimum absolute atomic E-state index is 0.642. The Kier molecular flexibility index (Phi) is 3.69. The Bertz CT molecular complexity index is 916. The highest BCUT2D eigenvalue weighted by molar-refractivity contribution is 9.10. The Hall–Kier alpha value is -1.30. The smallest absolute Gasteiger partial charge is 0.131 e. The van der Waals surface area contributed by atoms with Crippen molar-refractivity contribution in [2.75, 3.05) is 6.54 Å². The van der Waals surface area contributed by atoms with E-state index in [1.807, 2.05) is 11.3 Å². The summed E-state index contributed by atoms with van der Waals surface area (Å²) in [5.74, 6) is 1.72. The van der Waals surface area contributed by atoms with Gasteiger partial charge in [-0.05, 0) is 34.8 Å². The Morgan fingerprint density at radius 3 is 2.96 bits per heavy atom. The SMILES string of the molecule is Brc1c(CN2CCc3nc(C4CC4)ncc3C2)sc2ccccc12. The third kappa shape index (κ3) is 2.68. The van der Waals surface area contributed by atoms with E-state index in [0.29, 0.717) is 5.92 Å². The molecule has 0 radical (unpaired) electrons. The zero-order valence-corrected chi connectivity index (χ0v) is 15.7. The van der Waals surface area contributed by atoms with Gasteiger partial charge in [-0.25, -0.2) is 9.97 Å². The average Bonchev–Trinajstić information content (AvgIpc) is 3.41. The average molecular weight is 400 g/mol. The molecule has 2 aromatic heterocycles. The van der Waals surface area contributed by atoms with Crippen molar-refractivity contribution in [3.05, 3.63) is 56.9 Å². The number of hydrogen-bond donors (Lipinski definition) is 0. The molecule has 3 nitrogen and oxygen atoms in total. The molecule has 24 heavy (non-hydrogen) atoms. The third-order valence-corrected chi connectivity index (χ3v) is 7.27. The lowest BCUT2D eigenvalue weighted by atomic mass is 10.1. The molecule has 0 unspecified atom stereocenters. The summed E-state index contributed by atoms with van der Waals surface area (Å²) in [5.41, 5.74) is 2.58. The molecule has 1 fully saturated rings. The molecular weight excluding hydrogens is 382 g/mol. The lowest BCUT2D eigenvalue weighted by molar-refractivity contribution is 0.244. The zero-order chi connectivity index (χ0) is 16.1. The maximum Gasteiger partial charge on any atom is 0.131 e. The highest BCUT2D eigenvalue weighted by atomic mass is 79.9. The van der Waals surface area contributed by atoms with Crippen molar-refractivity contribution in [1.82, 2.24) is 14.9 Å². The van der Waals surface area contributed by atoms with Crippen molar-refractivity contribution >= 4 is 37.4 Å². The van der Waals surface area contributed by atoms with Crippen molar-refractivity contribution in [3.8, 4) is 0 Å². The fourth-order valence-electron chi connectivity index (χ4n) is 3.43. The second kappa shape index (κ2) is 5.90. The molecular formula is C19H18BrN3S. The summed E-state index contributed by atoms with van der Waals surface area (Å²) in [6.45, 7) is 3.03. The molecule has 5 heteroatoms. The van der Waals surface area contributed by atoms with E-state index in [2.05, 4.69) is 56.3 Å². The van der Waals surface area contributed by atoms with Crippen molar-refractivity contribution in [2.45, 2.75) is 38.3 Å². The lowest BCUT2D eigenvalue weighted by Gasteiger charge is -2.27. The molecule has 0 atom stereocenters. The standard InChI is InChI=1S/C19H18BrN3S/c20-18-14-3-1-2-4-16(14)24-17(18)11-23-8-7-15-13(10-23)9-21-19(22-15)12-5-6-12/h1-4,9,12H,5-8,10-11H2. The largest absolute Gasteiger partial charge is 0.293 e. The number of hydrogen-bond acceptors (Lipinski definition) is 4. The molecule has 0 amide bonds. The summed E-state index contributed by atoms with van der Waals surface area (Å²) in [4.78, 5) is 13.4. The molecule has 0 saturated heterocycles. The second-order valence-electron chi connectivity index (χ2n) is 6.77. The first-order valence-corrected chi connectivity index (χ1v) is 10.1. The van der Waals surface area contributed by atoms with Gasteiger partial charge in [-0.1, -0.05) is 18.2 Å². The molecule has 0 spiro atoms. The van der Waals surface area contributed by atoms with Crippen LogP contribution in [0.5, 0.6) is 0 Å². The van der Waals surface area contributed by atoms with E-state index >= 15 is 0 Å². The van der Waals surface area contributed by atoms with E-state index in [4.69, 9.17) is 4.98 Å². The number of thiophene rings is 1. The van der Waals surface area contributed by atoms with Gasteiger partial charge >= 0.3 is 0 Å². The zero-order valence-electron chi connectivity index (χ0n) is 13.3. The number of rotatable bonds is 3. The monoisotopic (exact) mass is 399 g/mol. The second-order valence-corrected chi connectivity index (χ2v) is 8.70. The van der Waals surface area contributed by atoms with Crippen LogP contribution in [0, 0.1) is 0 Å². The molecule has 1 aliphatic heterocycles. The van der Waals surface area contributed by atoms with Gasteiger partial charge in [0.1, 0.15) is 5.82 Å². The number of halogens is 1. The first kappa shape index (κ1) is 15.0. The molecule has 122 valence electrons. The van der Waals surface area contributed by atoms with Crippen LogP contribution in [0.2, 0.25) is 0 Å². The van der Waals surface area contributed by atoms with Gasteiger partial charge in [0.2, 0.25) is 0 Å². The highest BCUT2D eigenvalue weighted by Crippen LogP contribution is 2.39. The van der Waals surface area contributed by atoms with Gasteiger partial charge in [-0.3, -0.25) is 4.90 Å². The maximum absolute atomic E-state index is 4.82. The van der Waals surface area contributed by atoms with Crippen molar-refractivity contribution in [1.29, 1.82) is 0 Å². The van der Waals surface area contributed by atoms with Gasteiger partial charge in [0, 0.05) is 68.9 Å². The van der Waals surface area contributed by atoms with Gasteiger partial charge in [0.15, 0.2) is 0 Å². The number of nitrogens with zero attached hydrogens (tertiary/aromatic N) is 3. The fraction of sp³-hybridized carbons (Fsp3) is 0.368. The van der Waals surface area contributed by atoms with E-state index in [9.17, 15) is 0 Å². The summed E-state index contributed by atoms with van der Waals surface area (Å²) in [6.07, 6.45) is 5.65. The first-order chi connectivity index (χ1) is 11.8. The van der Waals surface area contributed by atoms with Crippen molar-refractivity contribution < 1.29 is 0 Å². The molecule has 2 aliphatic rings. The number of aromatic nitrogens is 2. The topological polar surface area (TPSA) is 29.0 Å². The minimum Gasteiger partial charge on any atom is -0.293 e. The number of benzene rings is 1. The minimum atomic E-state index is 0.642. The van der Waals surface area contributed by atoms with Crippen molar-refractivity contribution in [2.24, 2.45) is 0 Å². The van der Waals surface area contributed by atoms with Crippen molar-refractivity contribution in [3.63, 3.8) is 0 Å². The summed E-state index contributed by atoms with van der Waals surface area (Å²) in [7, 11) is 0. The van der Waals surface area contributed by atoms with Crippen LogP contribution in [0.15, 0.2) is 34.9 Å². The van der Waals surface area contributed by atoms with Crippen LogP contribution in [0.4, 0.5) is 0 Å². The molecule has 1 saturated carbocycles. The maximum atomic E-state index is 4.82. The normalized spacial score (nSPS) is 18.0. The van der Waals surface area contributed by atoms with Crippen LogP contribution in [0.3, 0.4) is 0 Å². The summed E-state index contributed by atoms with van der Waals surface area (Å²) >= 11 is 5.70. The van der Waals surface area contributed by atoms with Gasteiger partial charge in [-0.15, -0.1) is 11.3 Å². The Balaban J connectivity index is 1.37. The molecule has 0 N–H and O–H groups in total. The summed E-state index contributed by atoms with van der Waals surface area (Å²) in [6, 6.07) is 8.61. The van der Waals surface area contributed by atoms with Gasteiger partial charge < -0.3 is 0 Å². The molecule has 0 bridgehead atoms. The van der Waals surface area contributed by atoms with Gasteiger partial charge in [0.25, 0.3) is 0 Å². The van der Waals surface area contributed by atoms with E-state index in [1.54, 1.807) is 0 Å². The predicted octanol–water partition coefficient (Wildman–Crippen LogP) is 4.89. The summed E-state index contributed by atoms with van der Waals surface area (Å²) in [5, 5.41) is 1.33. The Morgan fingerprint density at radius 1 is 1.25 bits per heavy atom. The van der Waals surface area contributed by atoms with E-state index in [1.165, 1.54) is 43.5 Å². The lowest BCUT2D eigenvalue weighted by Crippen LogP contribution is -2.30. The van der Waals surface area contributed by atoms with Gasteiger partial charge in [-0.2, -0.15) is 0 Å². The van der Waals surface area contributed by atoms with Gasteiger partial charge in [0.05, 0.1) is 0 Å². The van der Waals surface area contributed by atoms with Crippen LogP contribution in [-0.2, 0) is 19.5 Å². The third-order valence-electron chi connectivity index (χ3n) is 4.94. The first-order valence-electron chi connectivity index (χ1n) is 8.51. The van der Waals surface area contributed by atoms with E-state index < -0.39 is 0 Å². The van der Waals surface area contributed by atoms with Crippen LogP contribution >= 0.6 is 27.3 Å². The molecule has 1 aromatic carbocycles. The van der Waals surface area contributed by atoms with Crippen LogP contribution in [0.1, 0.15) is 40.7 Å². The Labute approximate surface area is 153 Å². The summed E-state index contributed by atoms with van der Waals surface area (Å²) < 4.78 is 2.61.